The molecule has 0 aliphatic rings. The molecule has 0 N–H and O–H groups in total. The Morgan fingerprint density at radius 1 is 1.05 bits per heavy atom. The molecule has 20 heavy (non-hydrogen) atoms. The van der Waals surface area contributed by atoms with Gasteiger partial charge in [-0.3, -0.25) is 9.78 Å². The van der Waals surface area contributed by atoms with Gasteiger partial charge in [0.15, 0.2) is 6.29 Å². The second-order valence-corrected chi connectivity index (χ2v) is 4.49. The molecule has 0 aliphatic carbocycles. The fourth-order valence-corrected chi connectivity index (χ4v) is 2.26. The number of hydrogen-bond donors (Lipinski definition) is 0. The molecule has 1 aromatic heterocycles. The Bertz CT molecular complexity index is 781. The number of carbonyl (C=O) groups excluding carboxylic acids is 1. The molecule has 2 aromatic carbocycles. The van der Waals surface area contributed by atoms with Crippen molar-refractivity contribution in [1.29, 1.82) is 0 Å². The SMILES string of the molecule is COc1ccc(-c2ccc3ncccc3c2)cc1C=O. The van der Waals surface area contributed by atoms with Crippen LogP contribution in [0.15, 0.2) is 54.7 Å². The summed E-state index contributed by atoms with van der Waals surface area (Å²) in [6, 6.07) is 15.6. The first-order valence-electron chi connectivity index (χ1n) is 6.30. The number of ether oxygens (including phenoxy) is 1. The average molecular weight is 263 g/mol. The lowest BCUT2D eigenvalue weighted by Crippen LogP contribution is -1.91. The zero-order valence-electron chi connectivity index (χ0n) is 11.0. The van der Waals surface area contributed by atoms with E-state index >= 15 is 0 Å². The molecule has 0 saturated carbocycles. The quantitative estimate of drug-likeness (QED) is 0.676. The molecule has 3 rings (SSSR count). The van der Waals surface area contributed by atoms with Gasteiger partial charge in [-0.1, -0.05) is 18.2 Å². The third-order valence-corrected chi connectivity index (χ3v) is 3.29. The van der Waals surface area contributed by atoms with Crippen LogP contribution in [0.25, 0.3) is 22.0 Å². The first-order chi connectivity index (χ1) is 9.81. The van der Waals surface area contributed by atoms with Crippen LogP contribution in [-0.4, -0.2) is 18.4 Å². The molecule has 3 nitrogen and oxygen atoms in total. The smallest absolute Gasteiger partial charge is 0.153 e. The van der Waals surface area contributed by atoms with Crippen molar-refractivity contribution in [3.63, 3.8) is 0 Å². The lowest BCUT2D eigenvalue weighted by molar-refractivity contribution is 0.112. The average Bonchev–Trinajstić information content (AvgIpc) is 2.53. The zero-order valence-corrected chi connectivity index (χ0v) is 11.0. The topological polar surface area (TPSA) is 39.2 Å². The van der Waals surface area contributed by atoms with Crippen LogP contribution in [0.4, 0.5) is 0 Å². The molecular formula is C17H13NO2. The van der Waals surface area contributed by atoms with Crippen LogP contribution in [0.1, 0.15) is 10.4 Å². The van der Waals surface area contributed by atoms with Crippen molar-refractivity contribution < 1.29 is 9.53 Å². The van der Waals surface area contributed by atoms with Crippen LogP contribution >= 0.6 is 0 Å². The highest BCUT2D eigenvalue weighted by Crippen LogP contribution is 2.27. The number of carbonyl (C=O) groups is 1. The molecule has 3 heteroatoms. The van der Waals surface area contributed by atoms with Gasteiger partial charge in [0, 0.05) is 11.6 Å². The van der Waals surface area contributed by atoms with Crippen LogP contribution in [0.2, 0.25) is 0 Å². The van der Waals surface area contributed by atoms with Gasteiger partial charge in [-0.15, -0.1) is 0 Å². The van der Waals surface area contributed by atoms with Gasteiger partial charge >= 0.3 is 0 Å². The minimum Gasteiger partial charge on any atom is -0.496 e. The molecule has 98 valence electrons. The minimum atomic E-state index is 0.552. The highest BCUT2D eigenvalue weighted by molar-refractivity contribution is 5.87. The van der Waals surface area contributed by atoms with Gasteiger partial charge in [0.1, 0.15) is 5.75 Å². The zero-order chi connectivity index (χ0) is 13.9. The van der Waals surface area contributed by atoms with Crippen LogP contribution in [0.3, 0.4) is 0 Å². The van der Waals surface area contributed by atoms with E-state index in [-0.39, 0.29) is 0 Å². The number of methoxy groups -OCH3 is 1. The molecule has 3 aromatic rings. The maximum Gasteiger partial charge on any atom is 0.153 e. The lowest BCUT2D eigenvalue weighted by atomic mass is 10.0. The first kappa shape index (κ1) is 12.4. The van der Waals surface area contributed by atoms with E-state index in [9.17, 15) is 4.79 Å². The molecule has 0 amide bonds. The Morgan fingerprint density at radius 3 is 2.65 bits per heavy atom. The number of aromatic nitrogens is 1. The first-order valence-corrected chi connectivity index (χ1v) is 6.30. The summed E-state index contributed by atoms with van der Waals surface area (Å²) < 4.78 is 5.16. The summed E-state index contributed by atoms with van der Waals surface area (Å²) in [5.74, 6) is 0.589. The van der Waals surface area contributed by atoms with Gasteiger partial charge < -0.3 is 4.74 Å². The Hall–Kier alpha value is -2.68. The van der Waals surface area contributed by atoms with Crippen molar-refractivity contribution in [3.8, 4) is 16.9 Å². The van der Waals surface area contributed by atoms with Crippen molar-refractivity contribution in [3.05, 3.63) is 60.3 Å². The van der Waals surface area contributed by atoms with Crippen molar-refractivity contribution in [2.24, 2.45) is 0 Å². The van der Waals surface area contributed by atoms with E-state index in [4.69, 9.17) is 4.74 Å². The molecule has 0 atom stereocenters. The predicted octanol–water partition coefficient (Wildman–Crippen LogP) is 3.72. The third-order valence-electron chi connectivity index (χ3n) is 3.29. The maximum absolute atomic E-state index is 11.1. The second-order valence-electron chi connectivity index (χ2n) is 4.49. The fraction of sp³-hybridized carbons (Fsp3) is 0.0588. The van der Waals surface area contributed by atoms with E-state index in [0.717, 1.165) is 28.3 Å². The summed E-state index contributed by atoms with van der Waals surface area (Å²) in [5.41, 5.74) is 3.55. The number of pyridine rings is 1. The van der Waals surface area contributed by atoms with Crippen LogP contribution in [0.5, 0.6) is 5.75 Å². The molecular weight excluding hydrogens is 250 g/mol. The third kappa shape index (κ3) is 2.14. The Morgan fingerprint density at radius 2 is 1.85 bits per heavy atom. The Kier molecular flexibility index (Phi) is 3.17. The van der Waals surface area contributed by atoms with Crippen molar-refractivity contribution in [1.82, 2.24) is 4.98 Å². The number of rotatable bonds is 3. The van der Waals surface area contributed by atoms with E-state index < -0.39 is 0 Å². The summed E-state index contributed by atoms with van der Waals surface area (Å²) in [6.45, 7) is 0. The number of fused-ring (bicyclic) bond motifs is 1. The summed E-state index contributed by atoms with van der Waals surface area (Å²) >= 11 is 0. The highest BCUT2D eigenvalue weighted by Gasteiger charge is 2.06. The van der Waals surface area contributed by atoms with Crippen molar-refractivity contribution >= 4 is 17.2 Å². The summed E-state index contributed by atoms with van der Waals surface area (Å²) in [4.78, 5) is 15.4. The fourth-order valence-electron chi connectivity index (χ4n) is 2.26. The van der Waals surface area contributed by atoms with Gasteiger partial charge in [-0.2, -0.15) is 0 Å². The van der Waals surface area contributed by atoms with Gasteiger partial charge in [0.25, 0.3) is 0 Å². The number of aldehydes is 1. The minimum absolute atomic E-state index is 0.552. The van der Waals surface area contributed by atoms with E-state index in [1.165, 1.54) is 0 Å². The summed E-state index contributed by atoms with van der Waals surface area (Å²) in [7, 11) is 1.56. The van der Waals surface area contributed by atoms with Crippen LogP contribution in [0, 0.1) is 0 Å². The normalized spacial score (nSPS) is 10.4. The van der Waals surface area contributed by atoms with E-state index in [1.807, 2.05) is 42.5 Å². The molecule has 0 spiro atoms. The van der Waals surface area contributed by atoms with Gasteiger partial charge in [0.2, 0.25) is 0 Å². The molecule has 0 unspecified atom stereocenters. The molecule has 0 fully saturated rings. The summed E-state index contributed by atoms with van der Waals surface area (Å²) in [5, 5.41) is 1.08. The Labute approximate surface area is 116 Å². The van der Waals surface area contributed by atoms with Crippen molar-refractivity contribution in [2.75, 3.05) is 7.11 Å². The Balaban J connectivity index is 2.12. The lowest BCUT2D eigenvalue weighted by Gasteiger charge is -2.07. The number of benzene rings is 2. The van der Waals surface area contributed by atoms with Gasteiger partial charge in [-0.25, -0.2) is 0 Å². The monoisotopic (exact) mass is 263 g/mol. The predicted molar refractivity (Wildman–Crippen MR) is 79.1 cm³/mol. The molecule has 0 bridgehead atoms. The standard InChI is InChI=1S/C17H13NO2/c1-20-17-7-5-13(10-15(17)11-19)12-4-6-16-14(9-12)3-2-8-18-16/h2-11H,1H3. The number of nitrogens with zero attached hydrogens (tertiary/aromatic N) is 1. The van der Waals surface area contributed by atoms with Crippen LogP contribution in [-0.2, 0) is 0 Å². The van der Waals surface area contributed by atoms with E-state index in [2.05, 4.69) is 11.1 Å². The highest BCUT2D eigenvalue weighted by atomic mass is 16.5. The van der Waals surface area contributed by atoms with Crippen molar-refractivity contribution in [2.45, 2.75) is 0 Å². The molecule has 0 saturated heterocycles. The number of hydrogen-bond acceptors (Lipinski definition) is 3. The molecule has 0 aliphatic heterocycles. The largest absolute Gasteiger partial charge is 0.496 e. The molecule has 1 heterocycles. The van der Waals surface area contributed by atoms with Crippen LogP contribution < -0.4 is 4.74 Å². The van der Waals surface area contributed by atoms with Gasteiger partial charge in [0.05, 0.1) is 18.2 Å². The molecule has 0 radical (unpaired) electrons. The van der Waals surface area contributed by atoms with E-state index in [0.29, 0.717) is 11.3 Å². The summed E-state index contributed by atoms with van der Waals surface area (Å²) in [6.07, 6.45) is 2.59. The van der Waals surface area contributed by atoms with Gasteiger partial charge in [-0.05, 0) is 41.5 Å². The second kappa shape index (κ2) is 5.13. The van der Waals surface area contributed by atoms with E-state index in [1.54, 1.807) is 13.3 Å². The maximum atomic E-state index is 11.1.